The smallest absolute Gasteiger partial charge is 0.227 e. The maximum absolute atomic E-state index is 10.4. The molecule has 0 saturated carbocycles. The summed E-state index contributed by atoms with van der Waals surface area (Å²) < 4.78 is 0. The first-order chi connectivity index (χ1) is 18.7. The summed E-state index contributed by atoms with van der Waals surface area (Å²) in [5.41, 5.74) is 6.21. The first-order valence-corrected chi connectivity index (χ1v) is 13.5. The van der Waals surface area contributed by atoms with E-state index >= 15 is 0 Å². The van der Waals surface area contributed by atoms with Crippen LogP contribution in [0.1, 0.15) is 50.4 Å². The van der Waals surface area contributed by atoms with Crippen LogP contribution in [0.5, 0.6) is 0 Å². The van der Waals surface area contributed by atoms with E-state index in [9.17, 15) is 5.26 Å². The normalized spacial score (nSPS) is 14.3. The molecule has 39 heavy (non-hydrogen) atoms. The Morgan fingerprint density at radius 2 is 1.74 bits per heavy atom. The molecule has 1 saturated heterocycles. The maximum atomic E-state index is 10.4. The zero-order valence-electron chi connectivity index (χ0n) is 23.3. The first kappa shape index (κ1) is 26.4. The zero-order valence-corrected chi connectivity index (χ0v) is 23.3. The molecule has 5 rings (SSSR count). The Kier molecular flexibility index (Phi) is 7.36. The summed E-state index contributed by atoms with van der Waals surface area (Å²) >= 11 is 0. The molecule has 3 heterocycles. The van der Waals surface area contributed by atoms with Crippen molar-refractivity contribution in [2.45, 2.75) is 59.0 Å². The van der Waals surface area contributed by atoms with Crippen molar-refractivity contribution in [2.24, 2.45) is 0 Å². The van der Waals surface area contributed by atoms with Gasteiger partial charge >= 0.3 is 0 Å². The van der Waals surface area contributed by atoms with E-state index in [2.05, 4.69) is 63.7 Å². The molecule has 1 aliphatic rings. The fraction of sp³-hybridized carbons (Fsp3) is 0.355. The van der Waals surface area contributed by atoms with Gasteiger partial charge in [-0.1, -0.05) is 18.2 Å². The van der Waals surface area contributed by atoms with Gasteiger partial charge in [0.2, 0.25) is 5.95 Å². The molecule has 0 atom stereocenters. The number of nitrogens with one attached hydrogen (secondary N) is 3. The molecule has 1 aliphatic heterocycles. The van der Waals surface area contributed by atoms with Crippen LogP contribution in [0.4, 0.5) is 28.8 Å². The molecular formula is C31H36N8. The number of hydrogen-bond acceptors (Lipinski definition) is 8. The molecule has 2 aromatic heterocycles. The third-order valence-corrected chi connectivity index (χ3v) is 6.96. The molecular weight excluding hydrogens is 484 g/mol. The largest absolute Gasteiger partial charge is 0.370 e. The van der Waals surface area contributed by atoms with Crippen molar-refractivity contribution in [3.8, 4) is 6.07 Å². The second-order valence-electron chi connectivity index (χ2n) is 11.3. The molecule has 4 aromatic rings. The molecule has 0 aliphatic carbocycles. The van der Waals surface area contributed by atoms with Gasteiger partial charge in [-0.2, -0.15) is 5.26 Å². The molecule has 1 fully saturated rings. The van der Waals surface area contributed by atoms with Gasteiger partial charge in [0.1, 0.15) is 11.6 Å². The SMILES string of the molecule is Cc1ccnc(Nc2ccc(Nc3nc4ccccc4c(N4CCC(NC(C)(C)C)CC4)c3C#N)cc2C)n1. The van der Waals surface area contributed by atoms with E-state index in [-0.39, 0.29) is 5.54 Å². The van der Waals surface area contributed by atoms with Gasteiger partial charge in [0.05, 0.1) is 11.2 Å². The van der Waals surface area contributed by atoms with Gasteiger partial charge in [-0.15, -0.1) is 0 Å². The molecule has 0 amide bonds. The molecule has 0 unspecified atom stereocenters. The Hall–Kier alpha value is -4.22. The number of benzene rings is 2. The monoisotopic (exact) mass is 520 g/mol. The molecule has 0 spiro atoms. The van der Waals surface area contributed by atoms with Gasteiger partial charge < -0.3 is 20.9 Å². The van der Waals surface area contributed by atoms with E-state index in [1.807, 2.05) is 56.3 Å². The molecule has 2 aromatic carbocycles. The minimum absolute atomic E-state index is 0.0847. The van der Waals surface area contributed by atoms with Crippen LogP contribution in [0.3, 0.4) is 0 Å². The lowest BCUT2D eigenvalue weighted by atomic mass is 9.98. The Balaban J connectivity index is 1.44. The number of anilines is 5. The number of rotatable bonds is 6. The standard InChI is InChI=1S/C31H36N8/c1-20-18-23(10-11-26(20)37-30-33-15-12-21(2)34-30)35-29-25(19-32)28(24-8-6-7-9-27(24)36-29)39-16-13-22(14-17-39)38-31(3,4)5/h6-12,15,18,22,38H,13-14,16-17H2,1-5H3,(H,35,36)(H,33,34,37). The number of piperidine rings is 1. The zero-order chi connectivity index (χ0) is 27.6. The summed E-state index contributed by atoms with van der Waals surface area (Å²) in [6, 6.07) is 18.9. The highest BCUT2D eigenvalue weighted by molar-refractivity contribution is 5.98. The Morgan fingerprint density at radius 1 is 0.974 bits per heavy atom. The van der Waals surface area contributed by atoms with Crippen molar-refractivity contribution in [1.82, 2.24) is 20.3 Å². The lowest BCUT2D eigenvalue weighted by Gasteiger charge is -2.38. The van der Waals surface area contributed by atoms with Crippen LogP contribution in [-0.4, -0.2) is 39.6 Å². The number of nitriles is 1. The number of pyridine rings is 1. The summed E-state index contributed by atoms with van der Waals surface area (Å²) in [6.45, 7) is 12.4. The van der Waals surface area contributed by atoms with Crippen LogP contribution in [0.2, 0.25) is 0 Å². The van der Waals surface area contributed by atoms with Crippen molar-refractivity contribution in [2.75, 3.05) is 28.6 Å². The van der Waals surface area contributed by atoms with Crippen molar-refractivity contribution < 1.29 is 0 Å². The lowest BCUT2D eigenvalue weighted by molar-refractivity contribution is 0.317. The van der Waals surface area contributed by atoms with Crippen molar-refractivity contribution in [3.63, 3.8) is 0 Å². The van der Waals surface area contributed by atoms with Crippen LogP contribution in [0, 0.1) is 25.2 Å². The Morgan fingerprint density at radius 3 is 2.44 bits per heavy atom. The highest BCUT2D eigenvalue weighted by Gasteiger charge is 2.27. The van der Waals surface area contributed by atoms with Gasteiger partial charge in [-0.25, -0.2) is 15.0 Å². The summed E-state index contributed by atoms with van der Waals surface area (Å²) in [5, 5.41) is 21.8. The third kappa shape index (κ3) is 6.10. The van der Waals surface area contributed by atoms with E-state index < -0.39 is 0 Å². The first-order valence-electron chi connectivity index (χ1n) is 13.5. The van der Waals surface area contributed by atoms with Crippen molar-refractivity contribution in [3.05, 3.63) is 71.5 Å². The molecule has 3 N–H and O–H groups in total. The Labute approximate surface area is 230 Å². The number of fused-ring (bicyclic) bond motifs is 1. The summed E-state index contributed by atoms with van der Waals surface area (Å²) in [5.74, 6) is 1.14. The fourth-order valence-electron chi connectivity index (χ4n) is 5.23. The molecule has 0 bridgehead atoms. The average Bonchev–Trinajstić information content (AvgIpc) is 2.89. The number of aryl methyl sites for hydroxylation is 2. The van der Waals surface area contributed by atoms with Gasteiger partial charge in [-0.3, -0.25) is 0 Å². The topological polar surface area (TPSA) is 102 Å². The number of nitrogens with zero attached hydrogens (tertiary/aromatic N) is 5. The molecule has 200 valence electrons. The highest BCUT2D eigenvalue weighted by Crippen LogP contribution is 2.37. The molecule has 0 radical (unpaired) electrons. The quantitative estimate of drug-likeness (QED) is 0.270. The Bertz CT molecular complexity index is 1520. The molecule has 8 heteroatoms. The third-order valence-electron chi connectivity index (χ3n) is 6.96. The van der Waals surface area contributed by atoms with Crippen LogP contribution < -0.4 is 20.9 Å². The number of aromatic nitrogens is 3. The second-order valence-corrected chi connectivity index (χ2v) is 11.3. The minimum atomic E-state index is 0.0847. The van der Waals surface area contributed by atoms with Crippen LogP contribution in [0.15, 0.2) is 54.7 Å². The van der Waals surface area contributed by atoms with Gasteiger partial charge in [-0.05, 0) is 83.4 Å². The van der Waals surface area contributed by atoms with E-state index in [4.69, 9.17) is 4.98 Å². The second kappa shape index (κ2) is 10.9. The number of hydrogen-bond donors (Lipinski definition) is 3. The summed E-state index contributed by atoms with van der Waals surface area (Å²) in [4.78, 5) is 16.0. The number of para-hydroxylation sites is 1. The van der Waals surface area contributed by atoms with Crippen LogP contribution in [0.25, 0.3) is 10.9 Å². The average molecular weight is 521 g/mol. The van der Waals surface area contributed by atoms with Gasteiger partial charge in [0, 0.05) is 53.3 Å². The van der Waals surface area contributed by atoms with Crippen LogP contribution >= 0.6 is 0 Å². The van der Waals surface area contributed by atoms with Crippen molar-refractivity contribution in [1.29, 1.82) is 5.26 Å². The van der Waals surface area contributed by atoms with E-state index in [0.29, 0.717) is 23.4 Å². The molecule has 8 nitrogen and oxygen atoms in total. The van der Waals surface area contributed by atoms with Crippen molar-refractivity contribution >= 4 is 39.7 Å². The fourth-order valence-corrected chi connectivity index (χ4v) is 5.23. The van der Waals surface area contributed by atoms with Gasteiger partial charge in [0.25, 0.3) is 0 Å². The van der Waals surface area contributed by atoms with E-state index in [1.165, 1.54) is 0 Å². The summed E-state index contributed by atoms with van der Waals surface area (Å²) in [6.07, 6.45) is 3.80. The van der Waals surface area contributed by atoms with E-state index in [0.717, 1.165) is 65.2 Å². The lowest BCUT2D eigenvalue weighted by Crippen LogP contribution is -2.49. The predicted molar refractivity (Wildman–Crippen MR) is 159 cm³/mol. The summed E-state index contributed by atoms with van der Waals surface area (Å²) in [7, 11) is 0. The minimum Gasteiger partial charge on any atom is -0.370 e. The van der Waals surface area contributed by atoms with Gasteiger partial charge in [0.15, 0.2) is 5.82 Å². The maximum Gasteiger partial charge on any atom is 0.227 e. The highest BCUT2D eigenvalue weighted by atomic mass is 15.2. The van der Waals surface area contributed by atoms with Crippen LogP contribution in [-0.2, 0) is 0 Å². The van der Waals surface area contributed by atoms with E-state index in [1.54, 1.807) is 6.20 Å². The predicted octanol–water partition coefficient (Wildman–Crippen LogP) is 6.36.